The van der Waals surface area contributed by atoms with Gasteiger partial charge in [-0.2, -0.15) is 0 Å². The number of benzene rings is 1. The van der Waals surface area contributed by atoms with E-state index in [0.717, 1.165) is 30.4 Å². The molecule has 0 bridgehead atoms. The second-order valence-electron chi connectivity index (χ2n) is 4.90. The zero-order chi connectivity index (χ0) is 13.8. The molecule has 19 heavy (non-hydrogen) atoms. The van der Waals surface area contributed by atoms with Gasteiger partial charge in [-0.1, -0.05) is 22.0 Å². The number of carbonyl (C=O) groups is 1. The van der Waals surface area contributed by atoms with E-state index in [0.29, 0.717) is 18.2 Å². The molecule has 0 aromatic heterocycles. The Balaban J connectivity index is 1.82. The number of amides is 1. The van der Waals surface area contributed by atoms with Crippen molar-refractivity contribution in [1.82, 2.24) is 10.2 Å². The maximum atomic E-state index is 13.6. The molecule has 1 aliphatic heterocycles. The van der Waals surface area contributed by atoms with Crippen molar-refractivity contribution in [1.29, 1.82) is 0 Å². The number of piperidine rings is 1. The van der Waals surface area contributed by atoms with Crippen LogP contribution in [0.1, 0.15) is 25.3 Å². The van der Waals surface area contributed by atoms with Gasteiger partial charge < -0.3 is 10.2 Å². The van der Waals surface area contributed by atoms with E-state index in [1.54, 1.807) is 13.0 Å². The predicted octanol–water partition coefficient (Wildman–Crippen LogP) is 2.69. The molecule has 1 saturated heterocycles. The highest BCUT2D eigenvalue weighted by molar-refractivity contribution is 9.10. The molecule has 1 aliphatic rings. The molecule has 104 valence electrons. The van der Waals surface area contributed by atoms with Crippen molar-refractivity contribution < 1.29 is 9.18 Å². The maximum Gasteiger partial charge on any atom is 0.219 e. The zero-order valence-electron chi connectivity index (χ0n) is 11.0. The lowest BCUT2D eigenvalue weighted by Crippen LogP contribution is -2.44. The maximum absolute atomic E-state index is 13.6. The lowest BCUT2D eigenvalue weighted by Gasteiger charge is -2.31. The first kappa shape index (κ1) is 14.5. The molecule has 0 saturated carbocycles. The average molecular weight is 329 g/mol. The van der Waals surface area contributed by atoms with Gasteiger partial charge in [0.25, 0.3) is 0 Å². The van der Waals surface area contributed by atoms with Gasteiger partial charge in [-0.15, -0.1) is 0 Å². The van der Waals surface area contributed by atoms with Gasteiger partial charge in [-0.3, -0.25) is 4.79 Å². The van der Waals surface area contributed by atoms with Gasteiger partial charge in [-0.25, -0.2) is 4.39 Å². The molecule has 0 spiro atoms. The molecule has 5 heteroatoms. The van der Waals surface area contributed by atoms with Crippen LogP contribution in [0.5, 0.6) is 0 Å². The molecule has 3 nitrogen and oxygen atoms in total. The molecule has 0 unspecified atom stereocenters. The summed E-state index contributed by atoms with van der Waals surface area (Å²) in [7, 11) is 0. The van der Waals surface area contributed by atoms with Crippen molar-refractivity contribution in [3.63, 3.8) is 0 Å². The molecule has 0 aliphatic carbocycles. The summed E-state index contributed by atoms with van der Waals surface area (Å²) in [6.45, 7) is 3.71. The van der Waals surface area contributed by atoms with Gasteiger partial charge in [0.2, 0.25) is 5.91 Å². The fourth-order valence-electron chi connectivity index (χ4n) is 2.32. The van der Waals surface area contributed by atoms with Gasteiger partial charge in [0.1, 0.15) is 5.82 Å². The van der Waals surface area contributed by atoms with E-state index in [-0.39, 0.29) is 11.7 Å². The monoisotopic (exact) mass is 328 g/mol. The van der Waals surface area contributed by atoms with E-state index >= 15 is 0 Å². The number of likely N-dealkylation sites (tertiary alicyclic amines) is 1. The van der Waals surface area contributed by atoms with Crippen molar-refractivity contribution in [2.45, 2.75) is 32.4 Å². The predicted molar refractivity (Wildman–Crippen MR) is 76.2 cm³/mol. The minimum atomic E-state index is -0.192. The zero-order valence-corrected chi connectivity index (χ0v) is 12.5. The van der Waals surface area contributed by atoms with Crippen LogP contribution in [-0.2, 0) is 11.3 Å². The molecule has 1 N–H and O–H groups in total. The summed E-state index contributed by atoms with van der Waals surface area (Å²) in [6.07, 6.45) is 1.86. The summed E-state index contributed by atoms with van der Waals surface area (Å²) in [6, 6.07) is 5.48. The van der Waals surface area contributed by atoms with Crippen LogP contribution in [0.3, 0.4) is 0 Å². The van der Waals surface area contributed by atoms with Crippen LogP contribution in [-0.4, -0.2) is 29.9 Å². The fraction of sp³-hybridized carbons (Fsp3) is 0.500. The summed E-state index contributed by atoms with van der Waals surface area (Å²) in [5.41, 5.74) is 0.678. The van der Waals surface area contributed by atoms with Crippen LogP contribution in [0.4, 0.5) is 4.39 Å². The normalized spacial score (nSPS) is 16.7. The highest BCUT2D eigenvalue weighted by Crippen LogP contribution is 2.16. The number of hydrogen-bond acceptors (Lipinski definition) is 2. The van der Waals surface area contributed by atoms with Crippen LogP contribution < -0.4 is 5.32 Å². The highest BCUT2D eigenvalue weighted by Gasteiger charge is 2.20. The summed E-state index contributed by atoms with van der Waals surface area (Å²) >= 11 is 3.25. The number of rotatable bonds is 3. The summed E-state index contributed by atoms with van der Waals surface area (Å²) in [5, 5.41) is 3.36. The van der Waals surface area contributed by atoms with Crippen molar-refractivity contribution in [2.75, 3.05) is 13.1 Å². The molecule has 0 radical (unpaired) electrons. The van der Waals surface area contributed by atoms with Crippen LogP contribution in [0.25, 0.3) is 0 Å². The van der Waals surface area contributed by atoms with Crippen molar-refractivity contribution in [3.05, 3.63) is 34.1 Å². The topological polar surface area (TPSA) is 32.3 Å². The Labute approximate surface area is 121 Å². The lowest BCUT2D eigenvalue weighted by atomic mass is 10.0. The van der Waals surface area contributed by atoms with Gasteiger partial charge in [0, 0.05) is 42.6 Å². The van der Waals surface area contributed by atoms with E-state index in [9.17, 15) is 9.18 Å². The second-order valence-corrected chi connectivity index (χ2v) is 5.81. The fourth-order valence-corrected chi connectivity index (χ4v) is 2.65. The lowest BCUT2D eigenvalue weighted by molar-refractivity contribution is -0.129. The first-order chi connectivity index (χ1) is 9.06. The van der Waals surface area contributed by atoms with Gasteiger partial charge in [0.05, 0.1) is 0 Å². The minimum absolute atomic E-state index is 0.136. The van der Waals surface area contributed by atoms with Crippen LogP contribution >= 0.6 is 15.9 Å². The van der Waals surface area contributed by atoms with Crippen molar-refractivity contribution in [3.8, 4) is 0 Å². The van der Waals surface area contributed by atoms with Crippen molar-refractivity contribution in [2.24, 2.45) is 0 Å². The third-order valence-electron chi connectivity index (χ3n) is 3.54. The van der Waals surface area contributed by atoms with E-state index in [2.05, 4.69) is 21.2 Å². The second kappa shape index (κ2) is 6.48. The largest absolute Gasteiger partial charge is 0.343 e. The Morgan fingerprint density at radius 2 is 2.16 bits per heavy atom. The van der Waals surface area contributed by atoms with Gasteiger partial charge in [0.15, 0.2) is 0 Å². The van der Waals surface area contributed by atoms with Crippen LogP contribution in [0, 0.1) is 5.82 Å². The molecule has 2 rings (SSSR count). The molecule has 1 amide bonds. The number of nitrogens with zero attached hydrogens (tertiary/aromatic N) is 1. The Morgan fingerprint density at radius 1 is 1.47 bits per heavy atom. The SMILES string of the molecule is CC(=O)N1CCC(NCc2ccc(Br)cc2F)CC1. The molecule has 1 aromatic rings. The van der Waals surface area contributed by atoms with Crippen molar-refractivity contribution >= 4 is 21.8 Å². The quantitative estimate of drug-likeness (QED) is 0.925. The third-order valence-corrected chi connectivity index (χ3v) is 4.03. The number of nitrogens with one attached hydrogen (secondary N) is 1. The smallest absolute Gasteiger partial charge is 0.219 e. The van der Waals surface area contributed by atoms with Gasteiger partial charge in [-0.05, 0) is 25.0 Å². The van der Waals surface area contributed by atoms with Gasteiger partial charge >= 0.3 is 0 Å². The molecule has 1 aromatic carbocycles. The van der Waals surface area contributed by atoms with Crippen LogP contribution in [0.15, 0.2) is 22.7 Å². The molecular weight excluding hydrogens is 311 g/mol. The Kier molecular flexibility index (Phi) is 4.93. The average Bonchev–Trinajstić information content (AvgIpc) is 2.38. The van der Waals surface area contributed by atoms with E-state index in [1.165, 1.54) is 6.07 Å². The third kappa shape index (κ3) is 4.01. The van der Waals surface area contributed by atoms with E-state index in [1.807, 2.05) is 11.0 Å². The van der Waals surface area contributed by atoms with E-state index < -0.39 is 0 Å². The highest BCUT2D eigenvalue weighted by atomic mass is 79.9. The molecule has 1 heterocycles. The Hall–Kier alpha value is -0.940. The minimum Gasteiger partial charge on any atom is -0.343 e. The summed E-state index contributed by atoms with van der Waals surface area (Å²) in [5.74, 6) is -0.0551. The molecule has 0 atom stereocenters. The first-order valence-corrected chi connectivity index (χ1v) is 7.28. The number of carbonyl (C=O) groups excluding carboxylic acids is 1. The first-order valence-electron chi connectivity index (χ1n) is 6.49. The Morgan fingerprint density at radius 3 is 2.74 bits per heavy atom. The molecule has 1 fully saturated rings. The number of hydrogen-bond donors (Lipinski definition) is 1. The molecular formula is C14H18BrFN2O. The van der Waals surface area contributed by atoms with E-state index in [4.69, 9.17) is 0 Å². The Bertz CT molecular complexity index is 459. The van der Waals surface area contributed by atoms with Crippen LogP contribution in [0.2, 0.25) is 0 Å². The summed E-state index contributed by atoms with van der Waals surface area (Å²) in [4.78, 5) is 13.1. The number of halogens is 2. The standard InChI is InChI=1S/C14H18BrFN2O/c1-10(19)18-6-4-13(5-7-18)17-9-11-2-3-12(15)8-14(11)16/h2-3,8,13,17H,4-7,9H2,1H3. The summed E-state index contributed by atoms with van der Waals surface area (Å²) < 4.78 is 14.4.